The fraction of sp³-hybridized carbons (Fsp3) is 0.333. The molecule has 0 fully saturated rings. The molecule has 3 heteroatoms. The largest absolute Gasteiger partial charge is 0.321 e. The molecular formula is C18H19ClFN. The van der Waals surface area contributed by atoms with Gasteiger partial charge in [0.15, 0.2) is 0 Å². The Morgan fingerprint density at radius 2 is 2.05 bits per heavy atom. The summed E-state index contributed by atoms with van der Waals surface area (Å²) in [6.07, 6.45) is 2.60. The van der Waals surface area contributed by atoms with Crippen molar-refractivity contribution in [2.45, 2.75) is 37.6 Å². The van der Waals surface area contributed by atoms with Crippen LogP contribution < -0.4 is 5.73 Å². The Morgan fingerprint density at radius 1 is 1.29 bits per heavy atom. The first-order valence-electron chi connectivity index (χ1n) is 7.32. The van der Waals surface area contributed by atoms with Gasteiger partial charge in [0.25, 0.3) is 0 Å². The predicted octanol–water partition coefficient (Wildman–Crippen LogP) is 4.77. The summed E-state index contributed by atoms with van der Waals surface area (Å²) in [6, 6.07) is 13.3. The van der Waals surface area contributed by atoms with Crippen LogP contribution in [0.2, 0.25) is 5.02 Å². The van der Waals surface area contributed by atoms with E-state index >= 15 is 0 Å². The van der Waals surface area contributed by atoms with Crippen molar-refractivity contribution in [3.05, 3.63) is 70.0 Å². The van der Waals surface area contributed by atoms with Crippen LogP contribution in [0.3, 0.4) is 0 Å². The summed E-state index contributed by atoms with van der Waals surface area (Å²) in [5, 5.41) is 0.155. The standard InChI is InChI=1S/C18H19ClFN/c1-12-8-9-18(21,15-5-3-2-4-14(12)15)11-13-6-7-16(19)17(20)10-13/h2-7,10,12H,8-9,11,21H2,1H3. The summed E-state index contributed by atoms with van der Waals surface area (Å²) in [4.78, 5) is 0. The molecule has 110 valence electrons. The zero-order chi connectivity index (χ0) is 15.0. The van der Waals surface area contributed by atoms with Crippen molar-refractivity contribution in [1.82, 2.24) is 0 Å². The minimum absolute atomic E-state index is 0.155. The van der Waals surface area contributed by atoms with Crippen molar-refractivity contribution in [3.63, 3.8) is 0 Å². The molecule has 0 spiro atoms. The summed E-state index contributed by atoms with van der Waals surface area (Å²) in [7, 11) is 0. The fourth-order valence-electron chi connectivity index (χ4n) is 3.34. The summed E-state index contributed by atoms with van der Waals surface area (Å²) in [5.74, 6) is 0.148. The van der Waals surface area contributed by atoms with Crippen LogP contribution in [-0.2, 0) is 12.0 Å². The SMILES string of the molecule is CC1CCC(N)(Cc2ccc(Cl)c(F)c2)c2ccccc21. The Hall–Kier alpha value is -1.38. The minimum atomic E-state index is -0.427. The normalized spacial score (nSPS) is 24.7. The van der Waals surface area contributed by atoms with E-state index in [-0.39, 0.29) is 10.8 Å². The van der Waals surface area contributed by atoms with Crippen molar-refractivity contribution in [2.24, 2.45) is 5.73 Å². The second kappa shape index (κ2) is 5.43. The van der Waals surface area contributed by atoms with E-state index in [1.807, 2.05) is 12.1 Å². The smallest absolute Gasteiger partial charge is 0.142 e. The highest BCUT2D eigenvalue weighted by atomic mass is 35.5. The van der Waals surface area contributed by atoms with Crippen molar-refractivity contribution in [1.29, 1.82) is 0 Å². The zero-order valence-corrected chi connectivity index (χ0v) is 12.8. The first-order chi connectivity index (χ1) is 9.99. The molecule has 0 amide bonds. The first kappa shape index (κ1) is 14.6. The van der Waals surface area contributed by atoms with Gasteiger partial charge in [-0.15, -0.1) is 0 Å². The summed E-state index contributed by atoms with van der Waals surface area (Å²) in [6.45, 7) is 2.24. The van der Waals surface area contributed by atoms with Crippen LogP contribution in [0.1, 0.15) is 42.4 Å². The molecule has 1 aliphatic rings. The molecule has 0 saturated heterocycles. The molecule has 1 nitrogen and oxygen atoms in total. The van der Waals surface area contributed by atoms with Crippen molar-refractivity contribution >= 4 is 11.6 Å². The maximum Gasteiger partial charge on any atom is 0.142 e. The quantitative estimate of drug-likeness (QED) is 0.849. The van der Waals surface area contributed by atoms with E-state index in [1.165, 1.54) is 17.2 Å². The molecule has 0 aliphatic heterocycles. The van der Waals surface area contributed by atoms with Gasteiger partial charge in [-0.05, 0) is 54.0 Å². The van der Waals surface area contributed by atoms with Crippen molar-refractivity contribution < 1.29 is 4.39 Å². The molecule has 2 N–H and O–H groups in total. The lowest BCUT2D eigenvalue weighted by molar-refractivity contribution is 0.348. The van der Waals surface area contributed by atoms with E-state index in [4.69, 9.17) is 17.3 Å². The molecule has 0 heterocycles. The molecule has 2 aromatic rings. The first-order valence-corrected chi connectivity index (χ1v) is 7.69. The molecule has 1 aliphatic carbocycles. The molecule has 0 saturated carbocycles. The van der Waals surface area contributed by atoms with Gasteiger partial charge in [0.05, 0.1) is 5.02 Å². The molecule has 0 aromatic heterocycles. The maximum absolute atomic E-state index is 13.6. The Bertz CT molecular complexity index is 670. The highest BCUT2D eigenvalue weighted by Gasteiger charge is 2.35. The number of rotatable bonds is 2. The number of hydrogen-bond acceptors (Lipinski definition) is 1. The third kappa shape index (κ3) is 2.70. The Kier molecular flexibility index (Phi) is 3.76. The second-order valence-corrected chi connectivity index (χ2v) is 6.52. The van der Waals surface area contributed by atoms with Gasteiger partial charge in [-0.1, -0.05) is 48.9 Å². The van der Waals surface area contributed by atoms with Crippen LogP contribution in [0.4, 0.5) is 4.39 Å². The lowest BCUT2D eigenvalue weighted by atomic mass is 9.70. The van der Waals surface area contributed by atoms with Crippen LogP contribution in [0, 0.1) is 5.82 Å². The third-order valence-electron chi connectivity index (χ3n) is 4.56. The average molecular weight is 304 g/mol. The van der Waals surface area contributed by atoms with Gasteiger partial charge in [-0.3, -0.25) is 0 Å². The van der Waals surface area contributed by atoms with Crippen LogP contribution in [0.25, 0.3) is 0 Å². The summed E-state index contributed by atoms with van der Waals surface area (Å²) in [5.41, 5.74) is 9.68. The number of hydrogen-bond donors (Lipinski definition) is 1. The highest BCUT2D eigenvalue weighted by Crippen LogP contribution is 2.41. The van der Waals surface area contributed by atoms with Crippen molar-refractivity contribution in [2.75, 3.05) is 0 Å². The zero-order valence-electron chi connectivity index (χ0n) is 12.1. The Morgan fingerprint density at radius 3 is 2.81 bits per heavy atom. The molecule has 0 bridgehead atoms. The lowest BCUT2D eigenvalue weighted by Gasteiger charge is -2.38. The maximum atomic E-state index is 13.6. The van der Waals surface area contributed by atoms with E-state index in [1.54, 1.807) is 6.07 Å². The summed E-state index contributed by atoms with van der Waals surface area (Å²) < 4.78 is 13.6. The lowest BCUT2D eigenvalue weighted by Crippen LogP contribution is -2.42. The topological polar surface area (TPSA) is 26.0 Å². The monoisotopic (exact) mass is 303 g/mol. The number of halogens is 2. The van der Waals surface area contributed by atoms with Crippen LogP contribution in [-0.4, -0.2) is 0 Å². The third-order valence-corrected chi connectivity index (χ3v) is 4.86. The van der Waals surface area contributed by atoms with Gasteiger partial charge in [0.2, 0.25) is 0 Å². The molecule has 0 radical (unpaired) electrons. The Balaban J connectivity index is 1.97. The second-order valence-electron chi connectivity index (χ2n) is 6.11. The van der Waals surface area contributed by atoms with E-state index in [0.717, 1.165) is 18.4 Å². The molecule has 2 atom stereocenters. The number of fused-ring (bicyclic) bond motifs is 1. The number of benzene rings is 2. The van der Waals surface area contributed by atoms with Gasteiger partial charge < -0.3 is 5.73 Å². The molecule has 2 aromatic carbocycles. The molecule has 3 rings (SSSR count). The van der Waals surface area contributed by atoms with E-state index in [0.29, 0.717) is 12.3 Å². The predicted molar refractivity (Wildman–Crippen MR) is 85.1 cm³/mol. The van der Waals surface area contributed by atoms with Gasteiger partial charge >= 0.3 is 0 Å². The van der Waals surface area contributed by atoms with Crippen LogP contribution >= 0.6 is 11.6 Å². The molecular weight excluding hydrogens is 285 g/mol. The van der Waals surface area contributed by atoms with E-state index in [9.17, 15) is 4.39 Å². The van der Waals surface area contributed by atoms with Gasteiger partial charge in [-0.25, -0.2) is 4.39 Å². The van der Waals surface area contributed by atoms with Crippen LogP contribution in [0.15, 0.2) is 42.5 Å². The molecule has 2 unspecified atom stereocenters. The summed E-state index contributed by atoms with van der Waals surface area (Å²) >= 11 is 5.75. The van der Waals surface area contributed by atoms with Gasteiger partial charge in [-0.2, -0.15) is 0 Å². The van der Waals surface area contributed by atoms with Gasteiger partial charge in [0, 0.05) is 5.54 Å². The fourth-order valence-corrected chi connectivity index (χ4v) is 3.46. The average Bonchev–Trinajstić information content (AvgIpc) is 2.48. The Labute approximate surface area is 129 Å². The van der Waals surface area contributed by atoms with Crippen LogP contribution in [0.5, 0.6) is 0 Å². The number of nitrogens with two attached hydrogens (primary N) is 1. The van der Waals surface area contributed by atoms with Crippen molar-refractivity contribution in [3.8, 4) is 0 Å². The minimum Gasteiger partial charge on any atom is -0.321 e. The van der Waals surface area contributed by atoms with E-state index < -0.39 is 5.54 Å². The van der Waals surface area contributed by atoms with E-state index in [2.05, 4.69) is 25.1 Å². The highest BCUT2D eigenvalue weighted by molar-refractivity contribution is 6.30. The van der Waals surface area contributed by atoms with Gasteiger partial charge in [0.1, 0.15) is 5.82 Å². The molecule has 21 heavy (non-hydrogen) atoms.